The Morgan fingerprint density at radius 2 is 2.25 bits per heavy atom. The zero-order valence-corrected chi connectivity index (χ0v) is 11.9. The van der Waals surface area contributed by atoms with E-state index in [1.165, 1.54) is 7.11 Å². The molecule has 2 amide bonds. The van der Waals surface area contributed by atoms with E-state index in [1.807, 2.05) is 12.1 Å². The van der Waals surface area contributed by atoms with Crippen molar-refractivity contribution in [1.29, 1.82) is 0 Å². The molecule has 0 radical (unpaired) electrons. The normalized spacial score (nSPS) is 24.1. The third kappa shape index (κ3) is 1.85. The van der Waals surface area contributed by atoms with Crippen LogP contribution in [0.15, 0.2) is 18.2 Å². The fourth-order valence-electron chi connectivity index (χ4n) is 3.28. The number of hydrogen-bond donors (Lipinski definition) is 0. The van der Waals surface area contributed by atoms with Crippen LogP contribution in [-0.4, -0.2) is 44.1 Å². The molecule has 5 nitrogen and oxygen atoms in total. The number of methoxy groups -OCH3 is 1. The largest absolute Gasteiger partial charge is 0.453 e. The lowest BCUT2D eigenvalue weighted by Gasteiger charge is -2.24. The molecule has 2 aliphatic rings. The Morgan fingerprint density at radius 3 is 2.95 bits per heavy atom. The third-order valence-corrected chi connectivity index (χ3v) is 4.46. The third-order valence-electron chi connectivity index (χ3n) is 4.23. The maximum atomic E-state index is 11.7. The van der Waals surface area contributed by atoms with Crippen molar-refractivity contribution in [1.82, 2.24) is 4.90 Å². The van der Waals surface area contributed by atoms with Crippen molar-refractivity contribution in [3.05, 3.63) is 28.8 Å². The van der Waals surface area contributed by atoms with Crippen molar-refractivity contribution in [3.63, 3.8) is 0 Å². The van der Waals surface area contributed by atoms with Crippen molar-refractivity contribution >= 4 is 29.8 Å². The fraction of sp³-hybridized carbons (Fsp3) is 0.429. The van der Waals surface area contributed by atoms with Gasteiger partial charge in [0.05, 0.1) is 7.11 Å². The van der Waals surface area contributed by atoms with Crippen LogP contribution in [0.1, 0.15) is 12.0 Å². The molecule has 6 heteroatoms. The quantitative estimate of drug-likeness (QED) is 0.745. The number of nitrogens with zero attached hydrogens (tertiary/aromatic N) is 2. The highest BCUT2D eigenvalue weighted by molar-refractivity contribution is 6.30. The maximum absolute atomic E-state index is 11.7. The van der Waals surface area contributed by atoms with E-state index in [1.54, 1.807) is 15.9 Å². The summed E-state index contributed by atoms with van der Waals surface area (Å²) in [5, 5.41) is 0.646. The molecular weight excluding hydrogens is 280 g/mol. The van der Waals surface area contributed by atoms with Crippen LogP contribution in [0.2, 0.25) is 5.02 Å². The highest BCUT2D eigenvalue weighted by Gasteiger charge is 2.48. The predicted octanol–water partition coefficient (Wildman–Crippen LogP) is 2.03. The van der Waals surface area contributed by atoms with E-state index in [2.05, 4.69) is 0 Å². The molecule has 1 atom stereocenters. The average Bonchev–Trinajstić information content (AvgIpc) is 3.01. The van der Waals surface area contributed by atoms with E-state index in [4.69, 9.17) is 16.3 Å². The van der Waals surface area contributed by atoms with Crippen LogP contribution in [0.25, 0.3) is 0 Å². The van der Waals surface area contributed by atoms with Gasteiger partial charge in [0.15, 0.2) is 0 Å². The van der Waals surface area contributed by atoms with Gasteiger partial charge in [0, 0.05) is 35.8 Å². The summed E-state index contributed by atoms with van der Waals surface area (Å²) in [6, 6.07) is 5.55. The average molecular weight is 295 g/mol. The van der Waals surface area contributed by atoms with Crippen molar-refractivity contribution in [2.24, 2.45) is 0 Å². The molecule has 1 spiro atoms. The Balaban J connectivity index is 1.99. The Morgan fingerprint density at radius 1 is 1.45 bits per heavy atom. The second kappa shape index (κ2) is 4.66. The van der Waals surface area contributed by atoms with Gasteiger partial charge in [-0.3, -0.25) is 4.79 Å². The second-order valence-electron chi connectivity index (χ2n) is 5.32. The molecule has 2 aliphatic heterocycles. The molecule has 106 valence electrons. The number of carbonyl (C=O) groups excluding carboxylic acids is 2. The molecule has 1 aromatic carbocycles. The van der Waals surface area contributed by atoms with Crippen molar-refractivity contribution in [3.8, 4) is 0 Å². The molecule has 3 rings (SSSR count). The van der Waals surface area contributed by atoms with Gasteiger partial charge in [0.25, 0.3) is 0 Å². The highest BCUT2D eigenvalue weighted by atomic mass is 35.5. The minimum Gasteiger partial charge on any atom is -0.453 e. The Hall–Kier alpha value is -1.75. The lowest BCUT2D eigenvalue weighted by Crippen LogP contribution is -2.37. The van der Waals surface area contributed by atoms with Gasteiger partial charge in [-0.1, -0.05) is 11.6 Å². The van der Waals surface area contributed by atoms with E-state index in [0.29, 0.717) is 24.7 Å². The first-order chi connectivity index (χ1) is 9.59. The zero-order valence-electron chi connectivity index (χ0n) is 11.1. The van der Waals surface area contributed by atoms with Gasteiger partial charge in [-0.05, 0) is 30.2 Å². The van der Waals surface area contributed by atoms with Gasteiger partial charge in [0.1, 0.15) is 0 Å². The van der Waals surface area contributed by atoms with E-state index in [0.717, 1.165) is 24.1 Å². The summed E-state index contributed by atoms with van der Waals surface area (Å²) in [6.45, 7) is 1.77. The molecule has 0 N–H and O–H groups in total. The Kier molecular flexibility index (Phi) is 3.09. The van der Waals surface area contributed by atoms with Crippen LogP contribution < -0.4 is 4.90 Å². The molecule has 1 saturated heterocycles. The number of rotatable bonds is 1. The Bertz CT molecular complexity index is 578. The summed E-state index contributed by atoms with van der Waals surface area (Å²) in [4.78, 5) is 26.3. The maximum Gasteiger partial charge on any atom is 0.409 e. The molecule has 0 bridgehead atoms. The fourth-order valence-corrected chi connectivity index (χ4v) is 3.45. The summed E-state index contributed by atoms with van der Waals surface area (Å²) in [5.41, 5.74) is 1.70. The molecule has 1 unspecified atom stereocenters. The van der Waals surface area contributed by atoms with Gasteiger partial charge < -0.3 is 14.5 Å². The van der Waals surface area contributed by atoms with E-state index < -0.39 is 0 Å². The lowest BCUT2D eigenvalue weighted by atomic mass is 9.81. The smallest absolute Gasteiger partial charge is 0.409 e. The van der Waals surface area contributed by atoms with Crippen molar-refractivity contribution in [2.75, 3.05) is 31.6 Å². The van der Waals surface area contributed by atoms with Gasteiger partial charge in [-0.15, -0.1) is 0 Å². The number of likely N-dealkylation sites (tertiary alicyclic amines) is 1. The van der Waals surface area contributed by atoms with Crippen molar-refractivity contribution < 1.29 is 14.3 Å². The van der Waals surface area contributed by atoms with E-state index >= 15 is 0 Å². The molecule has 2 heterocycles. The lowest BCUT2D eigenvalue weighted by molar-refractivity contribution is -0.107. The van der Waals surface area contributed by atoms with Gasteiger partial charge >= 0.3 is 6.09 Å². The molecule has 1 fully saturated rings. The molecule has 20 heavy (non-hydrogen) atoms. The molecule has 0 aliphatic carbocycles. The summed E-state index contributed by atoms with van der Waals surface area (Å²) in [5.74, 6) is 0. The van der Waals surface area contributed by atoms with Crippen LogP contribution in [0.4, 0.5) is 10.5 Å². The molecular formula is C14H15ClN2O3. The van der Waals surface area contributed by atoms with Crippen molar-refractivity contribution in [2.45, 2.75) is 11.8 Å². The summed E-state index contributed by atoms with van der Waals surface area (Å²) in [6.07, 6.45) is 1.32. The van der Waals surface area contributed by atoms with Crippen LogP contribution in [0.3, 0.4) is 0 Å². The van der Waals surface area contributed by atoms with Crippen LogP contribution in [-0.2, 0) is 14.9 Å². The first-order valence-electron chi connectivity index (χ1n) is 6.44. The highest BCUT2D eigenvalue weighted by Crippen LogP contribution is 2.46. The second-order valence-corrected chi connectivity index (χ2v) is 5.75. The summed E-state index contributed by atoms with van der Waals surface area (Å²) in [7, 11) is 1.38. The van der Waals surface area contributed by atoms with E-state index in [-0.39, 0.29) is 11.5 Å². The number of ether oxygens (including phenoxy) is 1. The van der Waals surface area contributed by atoms with Crippen LogP contribution in [0, 0.1) is 0 Å². The number of benzene rings is 1. The summed E-state index contributed by atoms with van der Waals surface area (Å²) >= 11 is 6.09. The number of carbonyl (C=O) groups is 2. The van der Waals surface area contributed by atoms with Gasteiger partial charge in [-0.25, -0.2) is 4.79 Å². The van der Waals surface area contributed by atoms with Crippen LogP contribution >= 0.6 is 11.6 Å². The number of fused-ring (bicyclic) bond motifs is 2. The molecule has 1 aromatic rings. The number of hydrogen-bond acceptors (Lipinski definition) is 3. The standard InChI is InChI=1S/C14H15ClN2O3/c1-20-13(19)16-5-4-14(7-16)8-17(9-18)12-3-2-10(15)6-11(12)14/h2-3,6,9H,4-5,7-8H2,1H3. The summed E-state index contributed by atoms with van der Waals surface area (Å²) < 4.78 is 4.78. The zero-order chi connectivity index (χ0) is 14.3. The van der Waals surface area contributed by atoms with Crippen LogP contribution in [0.5, 0.6) is 0 Å². The number of anilines is 1. The number of amides is 2. The predicted molar refractivity (Wildman–Crippen MR) is 75.1 cm³/mol. The number of halogens is 1. The minimum atomic E-state index is -0.324. The van der Waals surface area contributed by atoms with E-state index in [9.17, 15) is 9.59 Å². The monoisotopic (exact) mass is 294 g/mol. The molecule has 0 saturated carbocycles. The first kappa shape index (κ1) is 13.2. The van der Waals surface area contributed by atoms with Gasteiger partial charge in [0.2, 0.25) is 6.41 Å². The SMILES string of the molecule is COC(=O)N1CCC2(C1)CN(C=O)c1ccc(Cl)cc12. The first-order valence-corrected chi connectivity index (χ1v) is 6.82. The minimum absolute atomic E-state index is 0.227. The topological polar surface area (TPSA) is 49.9 Å². The molecule has 0 aromatic heterocycles. The Labute approximate surface area is 122 Å². The van der Waals surface area contributed by atoms with Gasteiger partial charge in [-0.2, -0.15) is 0 Å².